The van der Waals surface area contributed by atoms with E-state index in [0.29, 0.717) is 18.3 Å². The van der Waals surface area contributed by atoms with E-state index in [9.17, 15) is 17.6 Å². The van der Waals surface area contributed by atoms with Crippen molar-refractivity contribution in [2.24, 2.45) is 5.41 Å². The number of sulfone groups is 1. The van der Waals surface area contributed by atoms with E-state index >= 15 is 0 Å². The average Bonchev–Trinajstić information content (AvgIpc) is 2.46. The Morgan fingerprint density at radius 2 is 1.83 bits per heavy atom. The van der Waals surface area contributed by atoms with Crippen LogP contribution in [0.2, 0.25) is 0 Å². The third-order valence-corrected chi connectivity index (χ3v) is 5.91. The monoisotopic (exact) mass is 348 g/mol. The van der Waals surface area contributed by atoms with E-state index in [-0.39, 0.29) is 10.6 Å². The van der Waals surface area contributed by atoms with E-state index in [1.165, 1.54) is 12.1 Å². The molecule has 3 nitrogen and oxygen atoms in total. The molecular formula is C19H21FO3S. The van der Waals surface area contributed by atoms with E-state index in [1.54, 1.807) is 13.8 Å². The van der Waals surface area contributed by atoms with Gasteiger partial charge in [-0.3, -0.25) is 0 Å². The second-order valence-electron chi connectivity index (χ2n) is 6.78. The second kappa shape index (κ2) is 6.85. The topological polar surface area (TPSA) is 51.2 Å². The number of carbonyl (C=O) groups excluding carboxylic acids is 1. The van der Waals surface area contributed by atoms with Crippen LogP contribution in [0.25, 0.3) is 0 Å². The standard InChI is InChI=1S/C19H21FO3S/c1-14-5-4-6-15(9-14)10-16-11-17(20)7-8-18(16)24(22,23)13-19(2,3)12-21/h4-9,11-12H,10,13H2,1-3H3. The van der Waals surface area contributed by atoms with Gasteiger partial charge in [-0.2, -0.15) is 0 Å². The number of halogens is 1. The molecule has 0 spiro atoms. The average molecular weight is 348 g/mol. The van der Waals surface area contributed by atoms with Gasteiger partial charge in [0.15, 0.2) is 9.84 Å². The molecule has 5 heteroatoms. The van der Waals surface area contributed by atoms with Crippen LogP contribution in [0.3, 0.4) is 0 Å². The Bertz CT molecular complexity index is 855. The summed E-state index contributed by atoms with van der Waals surface area (Å²) in [7, 11) is -3.71. The zero-order valence-electron chi connectivity index (χ0n) is 14.0. The lowest BCUT2D eigenvalue weighted by molar-refractivity contribution is -0.113. The molecule has 0 atom stereocenters. The lowest BCUT2D eigenvalue weighted by atomic mass is 10.00. The van der Waals surface area contributed by atoms with Crippen molar-refractivity contribution in [1.82, 2.24) is 0 Å². The van der Waals surface area contributed by atoms with Crippen molar-refractivity contribution in [3.63, 3.8) is 0 Å². The van der Waals surface area contributed by atoms with Gasteiger partial charge in [0.2, 0.25) is 0 Å². The minimum atomic E-state index is -3.71. The summed E-state index contributed by atoms with van der Waals surface area (Å²) >= 11 is 0. The number of benzene rings is 2. The van der Waals surface area contributed by atoms with Crippen molar-refractivity contribution in [2.75, 3.05) is 5.75 Å². The van der Waals surface area contributed by atoms with Gasteiger partial charge in [-0.15, -0.1) is 0 Å². The fourth-order valence-corrected chi connectivity index (χ4v) is 4.64. The third kappa shape index (κ3) is 4.51. The van der Waals surface area contributed by atoms with Gasteiger partial charge in [-0.1, -0.05) is 43.7 Å². The molecule has 0 heterocycles. The quantitative estimate of drug-likeness (QED) is 0.590. The zero-order valence-corrected chi connectivity index (χ0v) is 14.9. The van der Waals surface area contributed by atoms with Crippen molar-refractivity contribution in [3.05, 3.63) is 65.0 Å². The Hall–Kier alpha value is -2.01. The number of aldehydes is 1. The fourth-order valence-electron chi connectivity index (χ4n) is 2.63. The van der Waals surface area contributed by atoms with Crippen LogP contribution in [-0.4, -0.2) is 20.5 Å². The molecule has 2 aromatic rings. The summed E-state index contributed by atoms with van der Waals surface area (Å²) < 4.78 is 39.1. The molecule has 128 valence electrons. The lowest BCUT2D eigenvalue weighted by Crippen LogP contribution is -2.26. The van der Waals surface area contributed by atoms with Crippen molar-refractivity contribution in [2.45, 2.75) is 32.1 Å². The molecule has 0 radical (unpaired) electrons. The number of hydrogen-bond acceptors (Lipinski definition) is 3. The minimum Gasteiger partial charge on any atom is -0.303 e. The summed E-state index contributed by atoms with van der Waals surface area (Å²) in [5.41, 5.74) is 1.37. The molecule has 0 saturated heterocycles. The van der Waals surface area contributed by atoms with Gasteiger partial charge in [-0.05, 0) is 42.7 Å². The van der Waals surface area contributed by atoms with E-state index in [1.807, 2.05) is 31.2 Å². The highest BCUT2D eigenvalue weighted by atomic mass is 32.2. The van der Waals surface area contributed by atoms with E-state index in [0.717, 1.165) is 17.2 Å². The molecule has 24 heavy (non-hydrogen) atoms. The van der Waals surface area contributed by atoms with Crippen LogP contribution in [-0.2, 0) is 21.1 Å². The largest absolute Gasteiger partial charge is 0.303 e. The summed E-state index contributed by atoms with van der Waals surface area (Å²) in [6.07, 6.45) is 0.948. The van der Waals surface area contributed by atoms with E-state index in [4.69, 9.17) is 0 Å². The molecule has 0 aromatic heterocycles. The summed E-state index contributed by atoms with van der Waals surface area (Å²) in [6.45, 7) is 5.09. The van der Waals surface area contributed by atoms with Gasteiger partial charge in [0.25, 0.3) is 0 Å². The maximum atomic E-state index is 13.7. The Morgan fingerprint density at radius 3 is 2.46 bits per heavy atom. The molecule has 0 saturated carbocycles. The highest BCUT2D eigenvalue weighted by Crippen LogP contribution is 2.26. The molecule has 0 aliphatic rings. The van der Waals surface area contributed by atoms with Crippen molar-refractivity contribution in [1.29, 1.82) is 0 Å². The van der Waals surface area contributed by atoms with Crippen LogP contribution in [0.4, 0.5) is 4.39 Å². The molecule has 2 rings (SSSR count). The highest BCUT2D eigenvalue weighted by Gasteiger charge is 2.29. The van der Waals surface area contributed by atoms with Crippen molar-refractivity contribution < 1.29 is 17.6 Å². The Balaban J connectivity index is 2.46. The molecule has 0 amide bonds. The van der Waals surface area contributed by atoms with Crippen LogP contribution in [0.15, 0.2) is 47.4 Å². The van der Waals surface area contributed by atoms with E-state index < -0.39 is 21.1 Å². The van der Waals surface area contributed by atoms with Gasteiger partial charge in [0, 0.05) is 5.41 Å². The first-order valence-electron chi connectivity index (χ1n) is 7.66. The lowest BCUT2D eigenvalue weighted by Gasteiger charge is -2.18. The van der Waals surface area contributed by atoms with Gasteiger partial charge in [0.1, 0.15) is 12.1 Å². The maximum Gasteiger partial charge on any atom is 0.179 e. The molecule has 0 aliphatic heterocycles. The minimum absolute atomic E-state index is 0.0836. The predicted octanol–water partition coefficient (Wildman–Crippen LogP) is 3.72. The van der Waals surface area contributed by atoms with Gasteiger partial charge in [-0.25, -0.2) is 12.8 Å². The molecule has 0 aliphatic carbocycles. The smallest absolute Gasteiger partial charge is 0.179 e. The fraction of sp³-hybridized carbons (Fsp3) is 0.316. The van der Waals surface area contributed by atoms with Gasteiger partial charge >= 0.3 is 0 Å². The van der Waals surface area contributed by atoms with Crippen LogP contribution in [0.5, 0.6) is 0 Å². The van der Waals surface area contributed by atoms with Crippen LogP contribution >= 0.6 is 0 Å². The summed E-state index contributed by atoms with van der Waals surface area (Å²) in [5, 5.41) is 0. The van der Waals surface area contributed by atoms with Crippen LogP contribution in [0.1, 0.15) is 30.5 Å². The van der Waals surface area contributed by atoms with Crippen LogP contribution < -0.4 is 0 Å². The first-order valence-corrected chi connectivity index (χ1v) is 9.31. The van der Waals surface area contributed by atoms with E-state index in [2.05, 4.69) is 0 Å². The van der Waals surface area contributed by atoms with Crippen molar-refractivity contribution >= 4 is 16.1 Å². The number of hydrogen-bond donors (Lipinski definition) is 0. The number of rotatable bonds is 6. The summed E-state index contributed by atoms with van der Waals surface area (Å²) in [6, 6.07) is 11.3. The molecule has 0 bridgehead atoms. The van der Waals surface area contributed by atoms with Crippen LogP contribution in [0, 0.1) is 18.2 Å². The second-order valence-corrected chi connectivity index (χ2v) is 8.74. The molecule has 2 aromatic carbocycles. The Labute approximate surface area is 142 Å². The summed E-state index contributed by atoms with van der Waals surface area (Å²) in [5.74, 6) is -0.790. The highest BCUT2D eigenvalue weighted by molar-refractivity contribution is 7.91. The first-order chi connectivity index (χ1) is 11.1. The first kappa shape index (κ1) is 18.3. The number of carbonyl (C=O) groups is 1. The Kier molecular flexibility index (Phi) is 5.23. The van der Waals surface area contributed by atoms with Gasteiger partial charge in [0.05, 0.1) is 10.6 Å². The van der Waals surface area contributed by atoms with Gasteiger partial charge < -0.3 is 4.79 Å². The third-order valence-electron chi connectivity index (χ3n) is 3.72. The maximum absolute atomic E-state index is 13.7. The normalized spacial score (nSPS) is 12.2. The predicted molar refractivity (Wildman–Crippen MR) is 92.3 cm³/mol. The zero-order chi connectivity index (χ0) is 18.0. The SMILES string of the molecule is Cc1cccc(Cc2cc(F)ccc2S(=O)(=O)CC(C)(C)C=O)c1. The Morgan fingerprint density at radius 1 is 1.12 bits per heavy atom. The number of aryl methyl sites for hydroxylation is 1. The summed E-state index contributed by atoms with van der Waals surface area (Å²) in [4.78, 5) is 11.2. The van der Waals surface area contributed by atoms with Crippen molar-refractivity contribution in [3.8, 4) is 0 Å². The molecular weight excluding hydrogens is 327 g/mol. The molecule has 0 fully saturated rings. The molecule has 0 N–H and O–H groups in total. The molecule has 0 unspecified atom stereocenters.